The molecule has 132 valence electrons. The number of Topliss-reactive ketones (excluding diaryl/α,β-unsaturated/α-hetero) is 1. The molecule has 0 N–H and O–H groups in total. The topological polar surface area (TPSA) is 80.8 Å². The number of amides is 2. The number of ketones is 1. The quantitative estimate of drug-likeness (QED) is 0.480. The molecule has 6 heteroatoms. The minimum atomic E-state index is -0.722. The number of imide groups is 1. The third-order valence-electron chi connectivity index (χ3n) is 4.49. The number of carbonyl (C=O) groups is 4. The number of carbonyl (C=O) groups excluding carboxylic acids is 4. The Morgan fingerprint density at radius 1 is 0.885 bits per heavy atom. The van der Waals surface area contributed by atoms with Crippen LogP contribution in [0.5, 0.6) is 0 Å². The summed E-state index contributed by atoms with van der Waals surface area (Å²) in [5.41, 5.74) is 3.05. The van der Waals surface area contributed by atoms with E-state index in [1.807, 2.05) is 19.9 Å². The molecule has 0 saturated heterocycles. The molecule has 2 amide bonds. The van der Waals surface area contributed by atoms with Crippen LogP contribution in [0, 0.1) is 13.8 Å². The van der Waals surface area contributed by atoms with Crippen LogP contribution in [0.2, 0.25) is 0 Å². The maximum atomic E-state index is 12.2. The highest BCUT2D eigenvalue weighted by atomic mass is 16.5. The van der Waals surface area contributed by atoms with Gasteiger partial charge in [-0.25, -0.2) is 4.79 Å². The van der Waals surface area contributed by atoms with Crippen molar-refractivity contribution in [1.82, 2.24) is 4.90 Å². The molecule has 1 aliphatic heterocycles. The predicted molar refractivity (Wildman–Crippen MR) is 93.4 cm³/mol. The Morgan fingerprint density at radius 3 is 2.23 bits per heavy atom. The van der Waals surface area contributed by atoms with Crippen LogP contribution in [-0.2, 0) is 4.74 Å². The van der Waals surface area contributed by atoms with Crippen molar-refractivity contribution >= 4 is 23.6 Å². The van der Waals surface area contributed by atoms with E-state index in [9.17, 15) is 19.2 Å². The van der Waals surface area contributed by atoms with Gasteiger partial charge in [0.05, 0.1) is 16.7 Å². The molecule has 1 heterocycles. The van der Waals surface area contributed by atoms with E-state index in [4.69, 9.17) is 4.74 Å². The first-order chi connectivity index (χ1) is 12.3. The molecule has 26 heavy (non-hydrogen) atoms. The van der Waals surface area contributed by atoms with E-state index in [1.165, 1.54) is 25.2 Å². The fraction of sp³-hybridized carbons (Fsp3) is 0.200. The lowest BCUT2D eigenvalue weighted by atomic mass is 10.0. The minimum Gasteiger partial charge on any atom is -0.454 e. The second-order valence-electron chi connectivity index (χ2n) is 6.23. The SMILES string of the molecule is Cc1ccc(C(=O)COC(=O)c2ccc3c(c2)C(=O)N(C)C3=O)cc1C. The molecule has 0 fully saturated rings. The lowest BCUT2D eigenvalue weighted by molar-refractivity contribution is 0.0474. The van der Waals surface area contributed by atoms with Crippen LogP contribution in [0.3, 0.4) is 0 Å². The minimum absolute atomic E-state index is 0.119. The largest absolute Gasteiger partial charge is 0.454 e. The van der Waals surface area contributed by atoms with Gasteiger partial charge in [-0.3, -0.25) is 19.3 Å². The van der Waals surface area contributed by atoms with E-state index < -0.39 is 24.4 Å². The van der Waals surface area contributed by atoms with Crippen molar-refractivity contribution in [2.75, 3.05) is 13.7 Å². The van der Waals surface area contributed by atoms with Crippen molar-refractivity contribution in [2.24, 2.45) is 0 Å². The van der Waals surface area contributed by atoms with E-state index in [0.717, 1.165) is 16.0 Å². The molecule has 0 bridgehead atoms. The number of fused-ring (bicyclic) bond motifs is 1. The normalized spacial score (nSPS) is 13.0. The average molecular weight is 351 g/mol. The Bertz CT molecular complexity index is 961. The highest BCUT2D eigenvalue weighted by Crippen LogP contribution is 2.23. The van der Waals surface area contributed by atoms with Crippen LogP contribution in [-0.4, -0.2) is 42.1 Å². The van der Waals surface area contributed by atoms with Gasteiger partial charge in [0.25, 0.3) is 11.8 Å². The van der Waals surface area contributed by atoms with E-state index in [-0.39, 0.29) is 22.5 Å². The number of benzene rings is 2. The number of hydrogen-bond acceptors (Lipinski definition) is 5. The fourth-order valence-corrected chi connectivity index (χ4v) is 2.70. The number of aryl methyl sites for hydroxylation is 2. The van der Waals surface area contributed by atoms with Gasteiger partial charge in [0.2, 0.25) is 0 Å². The first-order valence-corrected chi connectivity index (χ1v) is 8.03. The molecule has 0 spiro atoms. The van der Waals surface area contributed by atoms with Crippen LogP contribution >= 0.6 is 0 Å². The molecule has 0 aromatic heterocycles. The fourth-order valence-electron chi connectivity index (χ4n) is 2.70. The summed E-state index contributed by atoms with van der Waals surface area (Å²) in [5.74, 6) is -1.91. The van der Waals surface area contributed by atoms with Gasteiger partial charge in [-0.15, -0.1) is 0 Å². The maximum Gasteiger partial charge on any atom is 0.338 e. The van der Waals surface area contributed by atoms with Crippen LogP contribution in [0.15, 0.2) is 36.4 Å². The number of nitrogens with zero attached hydrogens (tertiary/aromatic N) is 1. The van der Waals surface area contributed by atoms with Crippen LogP contribution < -0.4 is 0 Å². The zero-order valence-electron chi connectivity index (χ0n) is 14.7. The van der Waals surface area contributed by atoms with Gasteiger partial charge >= 0.3 is 5.97 Å². The third kappa shape index (κ3) is 3.01. The lowest BCUT2D eigenvalue weighted by Gasteiger charge is -2.07. The van der Waals surface area contributed by atoms with Crippen molar-refractivity contribution in [2.45, 2.75) is 13.8 Å². The van der Waals surface area contributed by atoms with Crippen molar-refractivity contribution in [3.63, 3.8) is 0 Å². The smallest absolute Gasteiger partial charge is 0.338 e. The van der Waals surface area contributed by atoms with Crippen LogP contribution in [0.25, 0.3) is 0 Å². The highest BCUT2D eigenvalue weighted by molar-refractivity contribution is 6.21. The van der Waals surface area contributed by atoms with Crippen molar-refractivity contribution in [1.29, 1.82) is 0 Å². The van der Waals surface area contributed by atoms with Crippen LogP contribution in [0.4, 0.5) is 0 Å². The van der Waals surface area contributed by atoms with E-state index in [2.05, 4.69) is 0 Å². The van der Waals surface area contributed by atoms with Crippen molar-refractivity contribution < 1.29 is 23.9 Å². The van der Waals surface area contributed by atoms with Gasteiger partial charge in [0.15, 0.2) is 12.4 Å². The first-order valence-electron chi connectivity index (χ1n) is 8.03. The molecular formula is C20H17NO5. The van der Waals surface area contributed by atoms with Crippen LogP contribution in [0.1, 0.15) is 52.6 Å². The van der Waals surface area contributed by atoms with Crippen molar-refractivity contribution in [3.05, 3.63) is 69.8 Å². The number of esters is 1. The van der Waals surface area contributed by atoms with Gasteiger partial charge in [-0.1, -0.05) is 12.1 Å². The van der Waals surface area contributed by atoms with Gasteiger partial charge in [0, 0.05) is 12.6 Å². The summed E-state index contributed by atoms with van der Waals surface area (Å²) in [7, 11) is 1.38. The Morgan fingerprint density at radius 2 is 1.54 bits per heavy atom. The Kier molecular flexibility index (Phi) is 4.42. The summed E-state index contributed by atoms with van der Waals surface area (Å²) in [4.78, 5) is 49.2. The van der Waals surface area contributed by atoms with E-state index in [0.29, 0.717) is 5.56 Å². The molecule has 3 rings (SSSR count). The molecular weight excluding hydrogens is 334 g/mol. The standard InChI is InChI=1S/C20H17NO5/c1-11-4-5-13(8-12(11)2)17(22)10-26-20(25)14-6-7-15-16(9-14)19(24)21(3)18(15)23/h4-9H,10H2,1-3H3. The van der Waals surface area contributed by atoms with Gasteiger partial charge in [-0.2, -0.15) is 0 Å². The summed E-state index contributed by atoms with van der Waals surface area (Å²) in [6.07, 6.45) is 0. The summed E-state index contributed by atoms with van der Waals surface area (Å²) < 4.78 is 5.06. The zero-order chi connectivity index (χ0) is 19.0. The summed E-state index contributed by atoms with van der Waals surface area (Å²) in [5, 5.41) is 0. The Hall–Kier alpha value is -3.28. The highest BCUT2D eigenvalue weighted by Gasteiger charge is 2.33. The summed E-state index contributed by atoms with van der Waals surface area (Å²) in [6.45, 7) is 3.45. The zero-order valence-corrected chi connectivity index (χ0v) is 14.7. The Labute approximate surface area is 150 Å². The number of ether oxygens (including phenoxy) is 1. The number of hydrogen-bond donors (Lipinski definition) is 0. The summed E-state index contributed by atoms with van der Waals surface area (Å²) in [6, 6.07) is 9.42. The third-order valence-corrected chi connectivity index (χ3v) is 4.49. The molecule has 2 aromatic carbocycles. The molecule has 0 atom stereocenters. The first kappa shape index (κ1) is 17.5. The molecule has 0 aliphatic carbocycles. The second-order valence-corrected chi connectivity index (χ2v) is 6.23. The number of rotatable bonds is 4. The Balaban J connectivity index is 1.71. The van der Waals surface area contributed by atoms with Gasteiger partial charge < -0.3 is 4.74 Å². The second kappa shape index (κ2) is 6.55. The van der Waals surface area contributed by atoms with Gasteiger partial charge in [0.1, 0.15) is 0 Å². The molecule has 1 aliphatic rings. The van der Waals surface area contributed by atoms with E-state index >= 15 is 0 Å². The van der Waals surface area contributed by atoms with Gasteiger partial charge in [-0.05, 0) is 49.2 Å². The molecule has 6 nitrogen and oxygen atoms in total. The molecule has 0 radical (unpaired) electrons. The summed E-state index contributed by atoms with van der Waals surface area (Å²) >= 11 is 0. The maximum absolute atomic E-state index is 12.2. The molecule has 0 unspecified atom stereocenters. The predicted octanol–water partition coefficient (Wildman–Crippen LogP) is 2.57. The monoisotopic (exact) mass is 351 g/mol. The lowest BCUT2D eigenvalue weighted by Crippen LogP contribution is -2.24. The van der Waals surface area contributed by atoms with E-state index in [1.54, 1.807) is 12.1 Å². The average Bonchev–Trinajstić information content (AvgIpc) is 2.85. The molecule has 0 saturated carbocycles. The van der Waals surface area contributed by atoms with Crippen molar-refractivity contribution in [3.8, 4) is 0 Å². The molecule has 2 aromatic rings.